The van der Waals surface area contributed by atoms with Crippen LogP contribution in [-0.4, -0.2) is 29.3 Å². The average molecular weight is 616 g/mol. The van der Waals surface area contributed by atoms with E-state index in [0.29, 0.717) is 42.4 Å². The summed E-state index contributed by atoms with van der Waals surface area (Å²) in [5, 5.41) is 0.180. The third-order valence-corrected chi connectivity index (χ3v) is 11.8. The summed E-state index contributed by atoms with van der Waals surface area (Å²) in [5.41, 5.74) is 4.22. The van der Waals surface area contributed by atoms with Gasteiger partial charge in [0.25, 0.3) is 0 Å². The number of rotatable bonds is 7. The summed E-state index contributed by atoms with van der Waals surface area (Å²) < 4.78 is 11.0. The second kappa shape index (κ2) is 11.9. The highest BCUT2D eigenvalue weighted by Crippen LogP contribution is 2.60. The molecule has 0 aromatic heterocycles. The molecule has 1 aliphatic heterocycles. The summed E-state index contributed by atoms with van der Waals surface area (Å²) in [6.45, 7) is 11.8. The Morgan fingerprint density at radius 1 is 1.07 bits per heavy atom. The monoisotopic (exact) mass is 614 g/mol. The average Bonchev–Trinajstić information content (AvgIpc) is 3.42. The van der Waals surface area contributed by atoms with E-state index in [9.17, 15) is 14.4 Å². The smallest absolute Gasteiger partial charge is 0.318 e. The molecule has 5 aliphatic rings. The lowest BCUT2D eigenvalue weighted by Crippen LogP contribution is -2.38. The van der Waals surface area contributed by atoms with Crippen LogP contribution in [0.15, 0.2) is 34.9 Å². The Morgan fingerprint density at radius 2 is 1.85 bits per heavy atom. The maximum absolute atomic E-state index is 13.1. The van der Waals surface area contributed by atoms with E-state index in [4.69, 9.17) is 9.47 Å². The zero-order valence-electron chi connectivity index (χ0n) is 24.9. The van der Waals surface area contributed by atoms with E-state index >= 15 is 0 Å². The maximum atomic E-state index is 13.1. The Kier molecular flexibility index (Phi) is 8.86. The van der Waals surface area contributed by atoms with Crippen LogP contribution in [0.25, 0.3) is 0 Å². The van der Waals surface area contributed by atoms with Gasteiger partial charge in [-0.25, -0.2) is 0 Å². The summed E-state index contributed by atoms with van der Waals surface area (Å²) in [4.78, 5) is 37.8. The molecule has 9 atom stereocenters. The van der Waals surface area contributed by atoms with E-state index in [1.807, 2.05) is 0 Å². The molecule has 0 N–H and O–H groups in total. The Hall–Kier alpha value is -1.69. The van der Waals surface area contributed by atoms with Crippen molar-refractivity contribution in [2.75, 3.05) is 5.33 Å². The Labute approximate surface area is 248 Å². The first-order valence-corrected chi connectivity index (χ1v) is 16.8. The number of carbonyl (C=O) groups is 3. The second-order valence-corrected chi connectivity index (χ2v) is 14.5. The highest BCUT2D eigenvalue weighted by atomic mass is 79.9. The molecule has 5 unspecified atom stereocenters. The van der Waals surface area contributed by atoms with E-state index in [1.54, 1.807) is 0 Å². The fraction of sp³-hybridized carbons (Fsp3) is 0.735. The van der Waals surface area contributed by atoms with Gasteiger partial charge in [0.2, 0.25) is 0 Å². The highest BCUT2D eigenvalue weighted by Gasteiger charge is 2.54. The molecular weight excluding hydrogens is 568 g/mol. The molecule has 6 heteroatoms. The topological polar surface area (TPSA) is 69.7 Å². The first kappa shape index (κ1) is 29.8. The van der Waals surface area contributed by atoms with Gasteiger partial charge in [-0.05, 0) is 86.4 Å². The molecule has 0 aromatic rings. The number of hydrogen-bond donors (Lipinski definition) is 0. The normalized spacial score (nSPS) is 38.3. The van der Waals surface area contributed by atoms with E-state index in [-0.39, 0.29) is 46.6 Å². The minimum Gasteiger partial charge on any atom is -0.461 e. The van der Waals surface area contributed by atoms with Gasteiger partial charge in [0.05, 0.1) is 11.8 Å². The van der Waals surface area contributed by atoms with Crippen molar-refractivity contribution in [1.82, 2.24) is 0 Å². The molecule has 2 saturated carbocycles. The minimum atomic E-state index is -0.450. The van der Waals surface area contributed by atoms with Crippen LogP contribution in [0, 0.1) is 52.8 Å². The van der Waals surface area contributed by atoms with Gasteiger partial charge in [0, 0.05) is 12.3 Å². The number of hydrogen-bond acceptors (Lipinski definition) is 5. The number of carbonyl (C=O) groups excluding carboxylic acids is 3. The van der Waals surface area contributed by atoms with Gasteiger partial charge in [-0.15, -0.1) is 0 Å². The van der Waals surface area contributed by atoms with Crippen LogP contribution in [0.5, 0.6) is 0 Å². The van der Waals surface area contributed by atoms with Crippen LogP contribution in [0.1, 0.15) is 92.4 Å². The molecular formula is C34H47BrO5. The van der Waals surface area contributed by atoms with Gasteiger partial charge in [-0.3, -0.25) is 14.4 Å². The van der Waals surface area contributed by atoms with Crippen LogP contribution in [-0.2, 0) is 23.9 Å². The van der Waals surface area contributed by atoms with E-state index in [2.05, 4.69) is 68.8 Å². The van der Waals surface area contributed by atoms with Crippen LogP contribution in [0.2, 0.25) is 0 Å². The Bertz CT molecular complexity index is 1120. The van der Waals surface area contributed by atoms with Crippen LogP contribution in [0.4, 0.5) is 0 Å². The molecule has 0 radical (unpaired) electrons. The largest absolute Gasteiger partial charge is 0.461 e. The van der Waals surface area contributed by atoms with Crippen molar-refractivity contribution in [3.8, 4) is 0 Å². The van der Waals surface area contributed by atoms with Crippen molar-refractivity contribution in [3.63, 3.8) is 0 Å². The van der Waals surface area contributed by atoms with Gasteiger partial charge in [-0.2, -0.15) is 0 Å². The number of halogens is 1. The van der Waals surface area contributed by atoms with E-state index in [1.165, 1.54) is 36.0 Å². The third kappa shape index (κ3) is 5.55. The van der Waals surface area contributed by atoms with Gasteiger partial charge in [0.1, 0.15) is 11.4 Å². The van der Waals surface area contributed by atoms with Crippen molar-refractivity contribution in [2.45, 2.75) is 98.5 Å². The Balaban J connectivity index is 1.44. The summed E-state index contributed by atoms with van der Waals surface area (Å²) in [7, 11) is 0. The van der Waals surface area contributed by atoms with Gasteiger partial charge < -0.3 is 9.47 Å². The summed E-state index contributed by atoms with van der Waals surface area (Å²) in [6, 6.07) is 0. The molecule has 0 aromatic carbocycles. The zero-order chi connectivity index (χ0) is 28.8. The SMILES string of the molecule is CC(C)[C@@H](C)/C=C/[C@@H](C)C1CCC2/C(=C/[C@H]3C4=C(CC[C@H](OC(=O)CBr)C4)CC4C(=O)OC(=O)C43)CCCC21C. The fourth-order valence-electron chi connectivity index (χ4n) is 8.84. The van der Waals surface area contributed by atoms with Crippen LogP contribution >= 0.6 is 15.9 Å². The number of ether oxygens (including phenoxy) is 2. The molecule has 40 heavy (non-hydrogen) atoms. The molecule has 1 saturated heterocycles. The predicted molar refractivity (Wildman–Crippen MR) is 159 cm³/mol. The van der Waals surface area contributed by atoms with Crippen molar-refractivity contribution in [2.24, 2.45) is 52.8 Å². The highest BCUT2D eigenvalue weighted by molar-refractivity contribution is 9.09. The van der Waals surface area contributed by atoms with Crippen LogP contribution in [0.3, 0.4) is 0 Å². The molecule has 0 bridgehead atoms. The van der Waals surface area contributed by atoms with Gasteiger partial charge in [-0.1, -0.05) is 85.5 Å². The number of alkyl halides is 1. The number of allylic oxidation sites excluding steroid dienone is 5. The second-order valence-electron chi connectivity index (χ2n) is 13.9. The van der Waals surface area contributed by atoms with E-state index < -0.39 is 5.92 Å². The van der Waals surface area contributed by atoms with Crippen molar-refractivity contribution < 1.29 is 23.9 Å². The lowest BCUT2D eigenvalue weighted by atomic mass is 9.59. The molecule has 0 spiro atoms. The van der Waals surface area contributed by atoms with Crippen molar-refractivity contribution in [1.29, 1.82) is 0 Å². The Morgan fingerprint density at radius 3 is 2.58 bits per heavy atom. The lowest BCUT2D eigenvalue weighted by molar-refractivity contribution is -0.154. The first-order valence-electron chi connectivity index (χ1n) is 15.6. The molecule has 3 fully saturated rings. The molecule has 0 amide bonds. The van der Waals surface area contributed by atoms with E-state index in [0.717, 1.165) is 25.7 Å². The molecule has 4 aliphatic carbocycles. The van der Waals surface area contributed by atoms with Gasteiger partial charge >= 0.3 is 17.9 Å². The molecule has 5 nitrogen and oxygen atoms in total. The lowest BCUT2D eigenvalue weighted by Gasteiger charge is -2.45. The first-order chi connectivity index (χ1) is 19.0. The zero-order valence-corrected chi connectivity index (χ0v) is 26.5. The minimum absolute atomic E-state index is 0.140. The molecule has 220 valence electrons. The van der Waals surface area contributed by atoms with Crippen LogP contribution < -0.4 is 0 Å². The predicted octanol–water partition coefficient (Wildman–Crippen LogP) is 7.74. The molecule has 5 rings (SSSR count). The summed E-state index contributed by atoms with van der Waals surface area (Å²) in [6.07, 6.45) is 15.8. The van der Waals surface area contributed by atoms with Crippen molar-refractivity contribution in [3.05, 3.63) is 34.9 Å². The third-order valence-electron chi connectivity index (χ3n) is 11.4. The number of cyclic esters (lactones) is 2. The quantitative estimate of drug-likeness (QED) is 0.127. The standard InChI is InChI=1S/C34H47BrO5/c1-19(2)20(3)8-9-21(4)28-12-13-29-23(7-6-14-34(28,29)5)16-26-25-17-24(39-30(36)18-35)11-10-22(25)15-27-31(26)33(38)40-32(27)37/h8-9,16,19-21,24,26-29,31H,6-7,10-15,17-18H2,1-5H3/b9-8+,23-16+/t20-,21+,24-,26-,27?,28?,29?,31?,34?/m0/s1. The van der Waals surface area contributed by atoms with Crippen molar-refractivity contribution >= 4 is 33.8 Å². The maximum Gasteiger partial charge on any atom is 0.318 e. The fourth-order valence-corrected chi connectivity index (χ4v) is 8.97. The number of esters is 3. The summed E-state index contributed by atoms with van der Waals surface area (Å²) in [5.74, 6) is 0.967. The molecule has 1 heterocycles. The number of fused-ring (bicyclic) bond motifs is 2. The summed E-state index contributed by atoms with van der Waals surface area (Å²) >= 11 is 3.21. The van der Waals surface area contributed by atoms with Gasteiger partial charge in [0.15, 0.2) is 0 Å².